The van der Waals surface area contributed by atoms with Gasteiger partial charge in [-0.1, -0.05) is 59.9 Å². The van der Waals surface area contributed by atoms with Crippen LogP contribution in [0.4, 0.5) is 0 Å². The van der Waals surface area contributed by atoms with Gasteiger partial charge in [0.05, 0.1) is 27.3 Å². The fourth-order valence-electron chi connectivity index (χ4n) is 3.43. The van der Waals surface area contributed by atoms with Gasteiger partial charge in [0.15, 0.2) is 5.96 Å². The fourth-order valence-corrected chi connectivity index (χ4v) is 3.43. The molecule has 0 atom stereocenters. The van der Waals surface area contributed by atoms with Gasteiger partial charge in [-0.05, 0) is 43.2 Å². The molecule has 35 heavy (non-hydrogen) atoms. The molecule has 0 aliphatic rings. The fraction of sp³-hybridized carbons (Fsp3) is 0.241. The molecule has 0 saturated heterocycles. The number of aliphatic imine (C=N–C) groups is 1. The largest absolute Gasteiger partial charge is 0.497 e. The van der Waals surface area contributed by atoms with E-state index in [1.807, 2.05) is 79.7 Å². The Kier molecular flexibility index (Phi) is 9.32. The van der Waals surface area contributed by atoms with Crippen LogP contribution in [-0.4, -0.2) is 37.5 Å². The third-order valence-electron chi connectivity index (χ3n) is 5.44. The molecule has 3 rings (SSSR count). The molecule has 0 radical (unpaired) electrons. The summed E-state index contributed by atoms with van der Waals surface area (Å²) in [5.74, 6) is 7.50. The number of carbonyl (C=O) groups is 1. The Balaban J connectivity index is 1.78. The minimum atomic E-state index is -0.274. The van der Waals surface area contributed by atoms with Crippen LogP contribution in [0.3, 0.4) is 0 Å². The molecular weight excluding hydrogens is 438 g/mol. The monoisotopic (exact) mass is 469 g/mol. The van der Waals surface area contributed by atoms with Gasteiger partial charge in [-0.3, -0.25) is 4.79 Å². The van der Waals surface area contributed by atoms with Gasteiger partial charge >= 0.3 is 0 Å². The van der Waals surface area contributed by atoms with Crippen molar-refractivity contribution in [3.63, 3.8) is 0 Å². The minimum Gasteiger partial charge on any atom is -0.497 e. The molecule has 0 unspecified atom stereocenters. The standard InChI is InChI=1S/C29H31N3O3/c1-22-11-13-24(14-12-22)10-7-19-32(21-25-16-17-26(34-2)20-27(25)35-3)29(30)31-28(33)18-15-23-8-5-4-6-9-23/h4-6,8-9,11-14,16-17,20H,15,18-19,21H2,1-3H3,(H2,30,31,33). The van der Waals surface area contributed by atoms with E-state index in [0.717, 1.165) is 16.7 Å². The van der Waals surface area contributed by atoms with Crippen molar-refractivity contribution in [3.05, 3.63) is 95.1 Å². The Bertz CT molecular complexity index is 1210. The molecule has 180 valence electrons. The van der Waals surface area contributed by atoms with Crippen molar-refractivity contribution in [1.29, 1.82) is 0 Å². The number of ether oxygens (including phenoxy) is 2. The first-order valence-corrected chi connectivity index (χ1v) is 11.4. The van der Waals surface area contributed by atoms with Crippen LogP contribution in [0.2, 0.25) is 0 Å². The third kappa shape index (κ3) is 7.94. The van der Waals surface area contributed by atoms with Gasteiger partial charge in [0.1, 0.15) is 11.5 Å². The van der Waals surface area contributed by atoms with Gasteiger partial charge < -0.3 is 20.1 Å². The average molecular weight is 470 g/mol. The van der Waals surface area contributed by atoms with E-state index in [1.165, 1.54) is 5.56 Å². The van der Waals surface area contributed by atoms with E-state index in [4.69, 9.17) is 15.2 Å². The van der Waals surface area contributed by atoms with Gasteiger partial charge in [-0.25, -0.2) is 0 Å². The maximum atomic E-state index is 12.5. The topological polar surface area (TPSA) is 77.2 Å². The minimum absolute atomic E-state index is 0.124. The Morgan fingerprint density at radius 3 is 2.43 bits per heavy atom. The SMILES string of the molecule is COc1ccc(CN(CC#Cc2ccc(C)cc2)C(N)=NC(=O)CCc2ccccc2)c(OC)c1. The first-order chi connectivity index (χ1) is 17.0. The first-order valence-electron chi connectivity index (χ1n) is 11.4. The Labute approximate surface area is 207 Å². The van der Waals surface area contributed by atoms with Crippen molar-refractivity contribution in [2.24, 2.45) is 10.7 Å². The maximum Gasteiger partial charge on any atom is 0.249 e. The highest BCUT2D eigenvalue weighted by Crippen LogP contribution is 2.25. The lowest BCUT2D eigenvalue weighted by Gasteiger charge is -2.22. The molecule has 3 aromatic rings. The second kappa shape index (κ2) is 12.9. The Hall–Kier alpha value is -4.24. The Morgan fingerprint density at radius 1 is 1.00 bits per heavy atom. The summed E-state index contributed by atoms with van der Waals surface area (Å²) in [6.07, 6.45) is 0.884. The van der Waals surface area contributed by atoms with E-state index < -0.39 is 0 Å². The van der Waals surface area contributed by atoms with Crippen LogP contribution < -0.4 is 15.2 Å². The number of aryl methyl sites for hydroxylation is 2. The molecular formula is C29H31N3O3. The average Bonchev–Trinajstić information content (AvgIpc) is 2.88. The molecule has 0 heterocycles. The number of benzene rings is 3. The summed E-state index contributed by atoms with van der Waals surface area (Å²) >= 11 is 0. The lowest BCUT2D eigenvalue weighted by atomic mass is 10.1. The van der Waals surface area contributed by atoms with Crippen LogP contribution in [0.25, 0.3) is 0 Å². The van der Waals surface area contributed by atoms with Crippen LogP contribution in [0, 0.1) is 18.8 Å². The van der Waals surface area contributed by atoms with E-state index in [-0.39, 0.29) is 18.3 Å². The quantitative estimate of drug-likeness (QED) is 0.302. The molecule has 0 bridgehead atoms. The predicted molar refractivity (Wildman–Crippen MR) is 139 cm³/mol. The highest BCUT2D eigenvalue weighted by Gasteiger charge is 2.14. The summed E-state index contributed by atoms with van der Waals surface area (Å²) in [7, 11) is 3.21. The molecule has 0 aliphatic heterocycles. The molecule has 1 amide bonds. The zero-order chi connectivity index (χ0) is 25.0. The number of methoxy groups -OCH3 is 2. The van der Waals surface area contributed by atoms with Crippen LogP contribution in [-0.2, 0) is 17.8 Å². The molecule has 0 aliphatic carbocycles. The van der Waals surface area contributed by atoms with Gasteiger partial charge in [0.2, 0.25) is 5.91 Å². The number of guanidine groups is 1. The number of carbonyl (C=O) groups excluding carboxylic acids is 1. The molecule has 6 heteroatoms. The van der Waals surface area contributed by atoms with Gasteiger partial charge in [0.25, 0.3) is 0 Å². The third-order valence-corrected chi connectivity index (χ3v) is 5.44. The van der Waals surface area contributed by atoms with E-state index in [2.05, 4.69) is 16.8 Å². The number of hydrogen-bond acceptors (Lipinski definition) is 3. The summed E-state index contributed by atoms with van der Waals surface area (Å²) in [6, 6.07) is 23.4. The number of rotatable bonds is 8. The van der Waals surface area contributed by atoms with Crippen LogP contribution in [0.1, 0.15) is 28.7 Å². The molecule has 0 saturated carbocycles. The number of nitrogens with zero attached hydrogens (tertiary/aromatic N) is 2. The summed E-state index contributed by atoms with van der Waals surface area (Å²) in [5, 5.41) is 0. The lowest BCUT2D eigenvalue weighted by Crippen LogP contribution is -2.38. The number of nitrogens with two attached hydrogens (primary N) is 1. The highest BCUT2D eigenvalue weighted by molar-refractivity contribution is 5.92. The van der Waals surface area contributed by atoms with Crippen LogP contribution in [0.5, 0.6) is 11.5 Å². The second-order valence-electron chi connectivity index (χ2n) is 8.05. The van der Waals surface area contributed by atoms with E-state index in [0.29, 0.717) is 31.0 Å². The van der Waals surface area contributed by atoms with Gasteiger partial charge in [-0.2, -0.15) is 4.99 Å². The van der Waals surface area contributed by atoms with Crippen molar-refractivity contribution in [1.82, 2.24) is 4.90 Å². The van der Waals surface area contributed by atoms with Crippen molar-refractivity contribution < 1.29 is 14.3 Å². The van der Waals surface area contributed by atoms with E-state index in [9.17, 15) is 4.79 Å². The van der Waals surface area contributed by atoms with Crippen molar-refractivity contribution in [2.75, 3.05) is 20.8 Å². The number of amides is 1. The Morgan fingerprint density at radius 2 is 1.74 bits per heavy atom. The van der Waals surface area contributed by atoms with E-state index in [1.54, 1.807) is 19.1 Å². The second-order valence-corrected chi connectivity index (χ2v) is 8.05. The molecule has 0 aromatic heterocycles. The van der Waals surface area contributed by atoms with Crippen LogP contribution in [0.15, 0.2) is 77.8 Å². The van der Waals surface area contributed by atoms with Gasteiger partial charge in [-0.15, -0.1) is 0 Å². The summed E-state index contributed by atoms with van der Waals surface area (Å²) in [6.45, 7) is 2.70. The summed E-state index contributed by atoms with van der Waals surface area (Å²) in [5.41, 5.74) is 10.3. The molecule has 0 spiro atoms. The van der Waals surface area contributed by atoms with Crippen molar-refractivity contribution in [3.8, 4) is 23.3 Å². The molecule has 3 aromatic carbocycles. The highest BCUT2D eigenvalue weighted by atomic mass is 16.5. The zero-order valence-electron chi connectivity index (χ0n) is 20.5. The lowest BCUT2D eigenvalue weighted by molar-refractivity contribution is -0.117. The maximum absolute atomic E-state index is 12.5. The summed E-state index contributed by atoms with van der Waals surface area (Å²) < 4.78 is 10.8. The predicted octanol–water partition coefficient (Wildman–Crippen LogP) is 4.34. The molecule has 0 fully saturated rings. The molecule has 6 nitrogen and oxygen atoms in total. The van der Waals surface area contributed by atoms with Gasteiger partial charge in [0, 0.05) is 23.6 Å². The zero-order valence-corrected chi connectivity index (χ0v) is 20.5. The molecule has 2 N–H and O–H groups in total. The van der Waals surface area contributed by atoms with Crippen LogP contribution >= 0.6 is 0 Å². The number of hydrogen-bond donors (Lipinski definition) is 1. The van der Waals surface area contributed by atoms with Crippen molar-refractivity contribution >= 4 is 11.9 Å². The summed E-state index contributed by atoms with van der Waals surface area (Å²) in [4.78, 5) is 18.5. The first kappa shape index (κ1) is 25.4. The normalized spacial score (nSPS) is 10.8. The van der Waals surface area contributed by atoms with Crippen molar-refractivity contribution in [2.45, 2.75) is 26.3 Å². The smallest absolute Gasteiger partial charge is 0.249 e. The van der Waals surface area contributed by atoms with E-state index >= 15 is 0 Å².